The summed E-state index contributed by atoms with van der Waals surface area (Å²) in [5.74, 6) is 1.58. The predicted molar refractivity (Wildman–Crippen MR) is 111 cm³/mol. The molecule has 0 aromatic heterocycles. The van der Waals surface area contributed by atoms with Crippen molar-refractivity contribution in [2.75, 3.05) is 34.2 Å². The first-order chi connectivity index (χ1) is 13.0. The number of likely N-dealkylation sites (N-methyl/N-ethyl adjacent to an activating group) is 1. The second-order valence-corrected chi connectivity index (χ2v) is 7.62. The minimum Gasteiger partial charge on any atom is -0.457 e. The van der Waals surface area contributed by atoms with E-state index in [2.05, 4.69) is 36.9 Å². The second-order valence-electron chi connectivity index (χ2n) is 7.11. The maximum absolute atomic E-state index is 12.9. The number of benzene rings is 2. The van der Waals surface area contributed by atoms with Gasteiger partial charge in [-0.3, -0.25) is 4.79 Å². The molecule has 5 nitrogen and oxygen atoms in total. The molecule has 0 spiro atoms. The first-order valence-electron chi connectivity index (χ1n) is 9.18. The Morgan fingerprint density at radius 3 is 2.63 bits per heavy atom. The van der Waals surface area contributed by atoms with Crippen LogP contribution in [-0.2, 0) is 6.54 Å². The second kappa shape index (κ2) is 8.78. The quantitative estimate of drug-likeness (QED) is 0.749. The van der Waals surface area contributed by atoms with Crippen molar-refractivity contribution < 1.29 is 9.53 Å². The topological polar surface area (TPSA) is 44.8 Å². The highest BCUT2D eigenvalue weighted by atomic mass is 32.1. The molecular formula is C21H27N3O2S. The number of carbonyl (C=O) groups is 1. The van der Waals surface area contributed by atoms with Gasteiger partial charge in [-0.1, -0.05) is 0 Å². The van der Waals surface area contributed by atoms with Crippen LogP contribution in [-0.4, -0.2) is 56.0 Å². The van der Waals surface area contributed by atoms with Crippen LogP contribution in [0.4, 0.5) is 0 Å². The van der Waals surface area contributed by atoms with Gasteiger partial charge in [0.05, 0.1) is 0 Å². The Labute approximate surface area is 166 Å². The van der Waals surface area contributed by atoms with E-state index in [0.717, 1.165) is 41.5 Å². The van der Waals surface area contributed by atoms with Gasteiger partial charge in [0, 0.05) is 41.7 Å². The van der Waals surface area contributed by atoms with Crippen molar-refractivity contribution in [2.45, 2.75) is 23.9 Å². The van der Waals surface area contributed by atoms with E-state index in [9.17, 15) is 4.79 Å². The molecule has 1 atom stereocenters. The molecule has 2 aromatic rings. The first-order valence-corrected chi connectivity index (χ1v) is 9.62. The van der Waals surface area contributed by atoms with E-state index in [0.29, 0.717) is 18.2 Å². The molecule has 1 fully saturated rings. The van der Waals surface area contributed by atoms with Crippen molar-refractivity contribution >= 4 is 18.5 Å². The van der Waals surface area contributed by atoms with Crippen molar-refractivity contribution in [1.82, 2.24) is 15.1 Å². The van der Waals surface area contributed by atoms with Crippen molar-refractivity contribution in [3.63, 3.8) is 0 Å². The molecule has 1 aliphatic heterocycles. The first kappa shape index (κ1) is 19.7. The summed E-state index contributed by atoms with van der Waals surface area (Å²) in [6, 6.07) is 13.7. The van der Waals surface area contributed by atoms with Crippen LogP contribution in [0.1, 0.15) is 22.3 Å². The van der Waals surface area contributed by atoms with Crippen LogP contribution in [0.15, 0.2) is 47.4 Å². The van der Waals surface area contributed by atoms with Crippen molar-refractivity contribution in [2.24, 2.45) is 0 Å². The zero-order valence-corrected chi connectivity index (χ0v) is 17.0. The van der Waals surface area contributed by atoms with E-state index in [1.54, 1.807) is 0 Å². The summed E-state index contributed by atoms with van der Waals surface area (Å²) in [4.78, 5) is 17.9. The van der Waals surface area contributed by atoms with E-state index < -0.39 is 0 Å². The van der Waals surface area contributed by atoms with E-state index in [4.69, 9.17) is 4.74 Å². The largest absolute Gasteiger partial charge is 0.457 e. The van der Waals surface area contributed by atoms with Crippen LogP contribution in [0.3, 0.4) is 0 Å². The van der Waals surface area contributed by atoms with Crippen LogP contribution in [0.25, 0.3) is 0 Å². The maximum atomic E-state index is 12.9. The summed E-state index contributed by atoms with van der Waals surface area (Å²) >= 11 is 4.30. The number of hydrogen-bond donors (Lipinski definition) is 2. The van der Waals surface area contributed by atoms with Crippen molar-refractivity contribution in [1.29, 1.82) is 0 Å². The third-order valence-corrected chi connectivity index (χ3v) is 5.22. The van der Waals surface area contributed by atoms with Gasteiger partial charge in [0.2, 0.25) is 0 Å². The summed E-state index contributed by atoms with van der Waals surface area (Å²) < 4.78 is 6.02. The van der Waals surface area contributed by atoms with Gasteiger partial charge in [-0.15, -0.1) is 12.6 Å². The lowest BCUT2D eigenvalue weighted by atomic mass is 10.1. The van der Waals surface area contributed by atoms with Crippen LogP contribution in [0, 0.1) is 0 Å². The Balaban J connectivity index is 1.78. The summed E-state index contributed by atoms with van der Waals surface area (Å²) in [6.07, 6.45) is 1.02. The standard InChI is InChI=1S/C21H27N3O2S/c1-22-13-16-12-15(21(25)24-11-10-17(14-24)23(2)3)4-9-20(16)26-18-5-7-19(27)8-6-18/h4-9,12,17,22,27H,10-11,13-14H2,1-3H3/t17-/m0/s1. The minimum absolute atomic E-state index is 0.0858. The fourth-order valence-corrected chi connectivity index (χ4v) is 3.46. The number of nitrogens with zero attached hydrogens (tertiary/aromatic N) is 2. The Morgan fingerprint density at radius 1 is 1.26 bits per heavy atom. The molecule has 1 heterocycles. The van der Waals surface area contributed by atoms with Gasteiger partial charge in [-0.25, -0.2) is 0 Å². The number of amides is 1. The molecule has 1 amide bonds. The molecule has 2 aromatic carbocycles. The van der Waals surface area contributed by atoms with Crippen molar-refractivity contribution in [3.05, 3.63) is 53.6 Å². The fraction of sp³-hybridized carbons (Fsp3) is 0.381. The molecule has 3 rings (SSSR count). The summed E-state index contributed by atoms with van der Waals surface area (Å²) in [6.45, 7) is 2.21. The van der Waals surface area contributed by atoms with Gasteiger partial charge < -0.3 is 19.9 Å². The molecule has 0 radical (unpaired) electrons. The normalized spacial score (nSPS) is 16.8. The van der Waals surface area contributed by atoms with Crippen molar-refractivity contribution in [3.8, 4) is 11.5 Å². The monoisotopic (exact) mass is 385 g/mol. The molecule has 0 bridgehead atoms. The lowest BCUT2D eigenvalue weighted by Crippen LogP contribution is -2.34. The molecule has 144 valence electrons. The predicted octanol–water partition coefficient (Wildman–Crippen LogP) is 3.26. The fourth-order valence-electron chi connectivity index (χ4n) is 3.31. The van der Waals surface area contributed by atoms with Gasteiger partial charge in [0.25, 0.3) is 5.91 Å². The number of carbonyl (C=O) groups excluding carboxylic acids is 1. The molecular weight excluding hydrogens is 358 g/mol. The summed E-state index contributed by atoms with van der Waals surface area (Å²) in [5.41, 5.74) is 1.67. The van der Waals surface area contributed by atoms with Crippen LogP contribution >= 0.6 is 12.6 Å². The highest BCUT2D eigenvalue weighted by Crippen LogP contribution is 2.28. The van der Waals surface area contributed by atoms with Gasteiger partial charge in [-0.05, 0) is 70.0 Å². The molecule has 27 heavy (non-hydrogen) atoms. The van der Waals surface area contributed by atoms with Crippen LogP contribution < -0.4 is 10.1 Å². The maximum Gasteiger partial charge on any atom is 0.253 e. The van der Waals surface area contributed by atoms with Gasteiger partial charge >= 0.3 is 0 Å². The lowest BCUT2D eigenvalue weighted by Gasteiger charge is -2.21. The number of thiol groups is 1. The van der Waals surface area contributed by atoms with Gasteiger partial charge in [0.15, 0.2) is 0 Å². The zero-order chi connectivity index (χ0) is 19.4. The smallest absolute Gasteiger partial charge is 0.253 e. The van der Waals surface area contributed by atoms with Crippen LogP contribution in [0.2, 0.25) is 0 Å². The molecule has 0 saturated carbocycles. The molecule has 6 heteroatoms. The Kier molecular flexibility index (Phi) is 6.42. The SMILES string of the molecule is CNCc1cc(C(=O)N2CC[C@H](N(C)C)C2)ccc1Oc1ccc(S)cc1. The molecule has 1 N–H and O–H groups in total. The number of nitrogens with one attached hydrogen (secondary N) is 1. The average Bonchev–Trinajstić information content (AvgIpc) is 3.15. The molecule has 0 unspecified atom stereocenters. The van der Waals surface area contributed by atoms with Gasteiger partial charge in [0.1, 0.15) is 11.5 Å². The van der Waals surface area contributed by atoms with E-state index in [1.807, 2.05) is 54.4 Å². The zero-order valence-electron chi connectivity index (χ0n) is 16.1. The van der Waals surface area contributed by atoms with E-state index in [1.165, 1.54) is 0 Å². The Hall–Kier alpha value is -2.02. The number of likely N-dealkylation sites (tertiary alicyclic amines) is 1. The van der Waals surface area contributed by atoms with E-state index >= 15 is 0 Å². The summed E-state index contributed by atoms with van der Waals surface area (Å²) in [7, 11) is 6.02. The molecule has 1 aliphatic rings. The number of rotatable bonds is 6. The third-order valence-electron chi connectivity index (χ3n) is 4.92. The number of hydrogen-bond acceptors (Lipinski definition) is 5. The number of ether oxygens (including phenoxy) is 1. The average molecular weight is 386 g/mol. The Morgan fingerprint density at radius 2 is 2.00 bits per heavy atom. The molecule has 1 saturated heterocycles. The minimum atomic E-state index is 0.0858. The highest BCUT2D eigenvalue weighted by molar-refractivity contribution is 7.80. The highest BCUT2D eigenvalue weighted by Gasteiger charge is 2.28. The summed E-state index contributed by atoms with van der Waals surface area (Å²) in [5, 5.41) is 3.15. The van der Waals surface area contributed by atoms with Gasteiger partial charge in [-0.2, -0.15) is 0 Å². The third kappa shape index (κ3) is 4.83. The lowest BCUT2D eigenvalue weighted by molar-refractivity contribution is 0.0783. The Bertz CT molecular complexity index is 793. The van der Waals surface area contributed by atoms with Crippen LogP contribution in [0.5, 0.6) is 11.5 Å². The van der Waals surface area contributed by atoms with E-state index in [-0.39, 0.29) is 5.91 Å². The molecule has 0 aliphatic carbocycles.